The molecule has 3 unspecified atom stereocenters. The molecule has 0 aliphatic heterocycles. The summed E-state index contributed by atoms with van der Waals surface area (Å²) < 4.78 is 0. The Morgan fingerprint density at radius 2 is 1.28 bits per heavy atom. The fourth-order valence-corrected chi connectivity index (χ4v) is 8.69. The van der Waals surface area contributed by atoms with Crippen molar-refractivity contribution < 1.29 is 34.2 Å². The zero-order valence-corrected chi connectivity index (χ0v) is 48.8. The number of Topliss-reactive ketones (excluding diaryl/α,β-unsaturated/α-hetero) is 3. The summed E-state index contributed by atoms with van der Waals surface area (Å²) in [6.45, 7) is 37.7. The first-order valence-corrected chi connectivity index (χ1v) is 28.2. The van der Waals surface area contributed by atoms with Gasteiger partial charge >= 0.3 is 0 Å². The average molecular weight is 992 g/mol. The molecule has 2 aromatic carbocycles. The van der Waals surface area contributed by atoms with Gasteiger partial charge in [0.05, 0.1) is 0 Å². The fourth-order valence-electron chi connectivity index (χ4n) is 8.69. The Kier molecular flexibility index (Phi) is 49.0. The predicted octanol–water partition coefficient (Wildman–Crippen LogP) is 16.9. The lowest BCUT2D eigenvalue weighted by atomic mass is 9.70. The monoisotopic (exact) mass is 991 g/mol. The largest absolute Gasteiger partial charge is 0.397 e. The van der Waals surface area contributed by atoms with Crippen LogP contribution < -0.4 is 0 Å². The molecule has 2 saturated carbocycles. The summed E-state index contributed by atoms with van der Waals surface area (Å²) in [4.78, 5) is 60.8. The number of rotatable bonds is 21. The Morgan fingerprint density at radius 1 is 0.789 bits per heavy atom. The molecule has 4 rings (SSSR count). The molecule has 2 N–H and O–H groups in total. The lowest BCUT2D eigenvalue weighted by molar-refractivity contribution is -0.138. The Balaban J connectivity index is -0.000000581. The van der Waals surface area contributed by atoms with Crippen LogP contribution in [0.25, 0.3) is 0 Å². The van der Waals surface area contributed by atoms with E-state index in [4.69, 9.17) is 5.11 Å². The molecule has 0 saturated heterocycles. The van der Waals surface area contributed by atoms with Crippen molar-refractivity contribution in [3.8, 4) is 0 Å². The molecule has 0 heterocycles. The van der Waals surface area contributed by atoms with Crippen molar-refractivity contribution in [1.82, 2.24) is 0 Å². The van der Waals surface area contributed by atoms with Crippen LogP contribution in [-0.2, 0) is 24.0 Å². The molecular weight excluding hydrogens is 881 g/mol. The highest BCUT2D eigenvalue weighted by Crippen LogP contribution is 2.47. The first-order valence-electron chi connectivity index (χ1n) is 28.2. The van der Waals surface area contributed by atoms with Crippen LogP contribution in [0, 0.1) is 48.3 Å². The molecule has 0 bridgehead atoms. The van der Waals surface area contributed by atoms with E-state index in [1.54, 1.807) is 33.8 Å². The van der Waals surface area contributed by atoms with Crippen molar-refractivity contribution in [3.63, 3.8) is 0 Å². The minimum Gasteiger partial charge on any atom is -0.397 e. The topological polar surface area (TPSA) is 126 Å². The number of hydrogen-bond acceptors (Lipinski definition) is 7. The molecule has 0 amide bonds. The predicted molar refractivity (Wildman–Crippen MR) is 306 cm³/mol. The summed E-state index contributed by atoms with van der Waals surface area (Å²) in [6.07, 6.45) is 19.2. The van der Waals surface area contributed by atoms with E-state index in [2.05, 4.69) is 53.3 Å². The van der Waals surface area contributed by atoms with Gasteiger partial charge in [0.15, 0.2) is 11.6 Å². The van der Waals surface area contributed by atoms with Gasteiger partial charge in [0.1, 0.15) is 23.5 Å². The second kappa shape index (κ2) is 47.2. The molecule has 0 aromatic heterocycles. The van der Waals surface area contributed by atoms with Gasteiger partial charge < -0.3 is 15.0 Å². The highest BCUT2D eigenvalue weighted by atomic mass is 16.3. The number of carbonyl (C=O) groups is 5. The zero-order valence-electron chi connectivity index (χ0n) is 48.8. The molecule has 7 heteroatoms. The first-order chi connectivity index (χ1) is 33.9. The van der Waals surface area contributed by atoms with Gasteiger partial charge in [-0.15, -0.1) is 0 Å². The van der Waals surface area contributed by atoms with Gasteiger partial charge in [-0.1, -0.05) is 212 Å². The summed E-state index contributed by atoms with van der Waals surface area (Å²) in [6, 6.07) is 20.1. The van der Waals surface area contributed by atoms with E-state index in [0.29, 0.717) is 31.1 Å². The van der Waals surface area contributed by atoms with Crippen LogP contribution in [0.15, 0.2) is 85.0 Å². The number of carbonyl (C=O) groups excluding carboxylic acids is 5. The maximum absolute atomic E-state index is 14.4. The van der Waals surface area contributed by atoms with Crippen molar-refractivity contribution >= 4 is 29.4 Å². The van der Waals surface area contributed by atoms with Crippen molar-refractivity contribution in [2.24, 2.45) is 41.4 Å². The van der Waals surface area contributed by atoms with E-state index in [1.165, 1.54) is 12.0 Å². The van der Waals surface area contributed by atoms with E-state index in [9.17, 15) is 29.1 Å². The number of allylic oxidation sites excluding steroid dienone is 3. The quantitative estimate of drug-likeness (QED) is 0.0725. The number of aliphatic hydroxyl groups excluding tert-OH is 1. The number of aryl methyl sites for hydroxylation is 1. The van der Waals surface area contributed by atoms with Gasteiger partial charge in [0, 0.05) is 43.1 Å². The van der Waals surface area contributed by atoms with Crippen molar-refractivity contribution in [1.29, 1.82) is 0 Å². The molecule has 408 valence electrons. The lowest BCUT2D eigenvalue weighted by Gasteiger charge is -2.33. The SMILES string of the molecule is C=C(CC(CCCC)C(=O)C(C)(C)O)[C@@H]1C[C@@H](CC)CC1C(=O)[C@@H](CC(=O)/C=C\CC(C)CC)C1CCCCC1.CC.CC.CC.CC(=O)[C@@H](C)c1ccccc1.CCC=O.CCO.Cc1ccccc1. The van der Waals surface area contributed by atoms with E-state index in [-0.39, 0.29) is 65.2 Å². The zero-order chi connectivity index (χ0) is 55.4. The minimum atomic E-state index is -1.37. The average Bonchev–Trinajstić information content (AvgIpc) is 3.84. The maximum Gasteiger partial charge on any atom is 0.167 e. The third-order valence-corrected chi connectivity index (χ3v) is 13.1. The van der Waals surface area contributed by atoms with Gasteiger partial charge in [-0.3, -0.25) is 19.2 Å². The minimum absolute atomic E-state index is 0.0381. The number of unbranched alkanes of at least 4 members (excludes halogenated alkanes) is 1. The molecule has 7 nitrogen and oxygen atoms in total. The summed E-state index contributed by atoms with van der Waals surface area (Å²) in [5.74, 6) is 1.26. The molecule has 0 spiro atoms. The van der Waals surface area contributed by atoms with Crippen molar-refractivity contribution in [2.75, 3.05) is 6.61 Å². The number of benzene rings is 2. The number of ketones is 4. The Hall–Kier alpha value is -3.81. The van der Waals surface area contributed by atoms with Crippen LogP contribution in [0.4, 0.5) is 0 Å². The van der Waals surface area contributed by atoms with Crippen LogP contribution in [0.2, 0.25) is 0 Å². The Labute approximate surface area is 438 Å². The van der Waals surface area contributed by atoms with Gasteiger partial charge in [-0.05, 0) is 115 Å². The highest BCUT2D eigenvalue weighted by Gasteiger charge is 2.44. The van der Waals surface area contributed by atoms with E-state index in [0.717, 1.165) is 94.5 Å². The lowest BCUT2D eigenvalue weighted by Crippen LogP contribution is -2.38. The van der Waals surface area contributed by atoms with Gasteiger partial charge in [-0.2, -0.15) is 0 Å². The maximum atomic E-state index is 14.4. The van der Waals surface area contributed by atoms with Gasteiger partial charge in [0.25, 0.3) is 0 Å². The third kappa shape index (κ3) is 34.3. The second-order valence-electron chi connectivity index (χ2n) is 19.1. The number of hydrogen-bond donors (Lipinski definition) is 2. The molecular formula is C64H110O7. The first kappa shape index (κ1) is 73.7. The van der Waals surface area contributed by atoms with Gasteiger partial charge in [0.2, 0.25) is 0 Å². The van der Waals surface area contributed by atoms with Crippen LogP contribution in [0.5, 0.6) is 0 Å². The summed E-state index contributed by atoms with van der Waals surface area (Å²) >= 11 is 0. The molecule has 2 aromatic rings. The van der Waals surface area contributed by atoms with Gasteiger partial charge in [-0.25, -0.2) is 0 Å². The molecule has 0 radical (unpaired) electrons. The molecule has 2 aliphatic rings. The van der Waals surface area contributed by atoms with Crippen LogP contribution in [0.3, 0.4) is 0 Å². The number of aldehydes is 1. The molecule has 7 atom stereocenters. The van der Waals surface area contributed by atoms with Crippen molar-refractivity contribution in [2.45, 2.75) is 232 Å². The summed E-state index contributed by atoms with van der Waals surface area (Å²) in [5, 5.41) is 18.1. The molecule has 2 fully saturated rings. The van der Waals surface area contributed by atoms with Crippen LogP contribution in [-0.4, -0.2) is 51.8 Å². The van der Waals surface area contributed by atoms with Crippen molar-refractivity contribution in [3.05, 3.63) is 96.1 Å². The second-order valence-corrected chi connectivity index (χ2v) is 19.1. The standard InChI is InChI=1S/C36H60O4.C10H12O.C7H8.C3H6O.C2H6O.3C2H6/c1-8-11-17-29(35(39)36(6,7)40)21-26(5)31-22-27(10-3)23-33(31)34(38)32(28-18-13-12-14-19-28)24-30(37)20-15-16-25(4)9-2;1-8(9(2)11)10-6-4-3-5-7-10;1-7-5-3-2-4-6-7;1-2-3-4;1-2-3;3*1-2/h15,20,25,27-29,31-33,40H,5,8-14,16-19,21-24H2,1-4,6-7H3;3-8H,1-2H3;2-6H,1H3;3H,2H2,1H3;3H,2H2,1H3;3*1-2H3/b20-15-;;;;;;;/t25?,27-,29?,31+,32+,33?;8-;;;;;;/m11....../s1. The molecule has 71 heavy (non-hydrogen) atoms. The van der Waals surface area contributed by atoms with E-state index < -0.39 is 5.60 Å². The number of aliphatic hydroxyl groups is 2. The fraction of sp³-hybridized carbons (Fsp3) is 0.672. The Bertz CT molecular complexity index is 1630. The van der Waals surface area contributed by atoms with E-state index >= 15 is 0 Å². The summed E-state index contributed by atoms with van der Waals surface area (Å²) in [5.41, 5.74) is 2.04. The molecule has 2 aliphatic carbocycles. The summed E-state index contributed by atoms with van der Waals surface area (Å²) in [7, 11) is 0. The highest BCUT2D eigenvalue weighted by molar-refractivity contribution is 5.95. The normalized spacial score (nSPS) is 17.5. The Morgan fingerprint density at radius 3 is 1.69 bits per heavy atom. The van der Waals surface area contributed by atoms with Crippen LogP contribution in [0.1, 0.15) is 231 Å². The smallest absolute Gasteiger partial charge is 0.167 e. The van der Waals surface area contributed by atoms with E-state index in [1.807, 2.05) is 110 Å². The van der Waals surface area contributed by atoms with Crippen LogP contribution >= 0.6 is 0 Å². The third-order valence-electron chi connectivity index (χ3n) is 13.1.